The maximum atomic E-state index is 13.3. The smallest absolute Gasteiger partial charge is 0.233 e. The van der Waals surface area contributed by atoms with Crippen molar-refractivity contribution in [2.45, 2.75) is 38.8 Å². The van der Waals surface area contributed by atoms with Gasteiger partial charge < -0.3 is 9.47 Å². The fourth-order valence-electron chi connectivity index (χ4n) is 3.78. The van der Waals surface area contributed by atoms with Crippen LogP contribution in [-0.4, -0.2) is 32.1 Å². The first-order valence-electron chi connectivity index (χ1n) is 9.59. The number of carbonyl (C=O) groups excluding carboxylic acids is 1. The minimum Gasteiger partial charge on any atom is -0.338 e. The van der Waals surface area contributed by atoms with E-state index in [1.807, 2.05) is 60.4 Å². The number of carbonyl (C=O) groups is 1. The molecule has 0 saturated carbocycles. The van der Waals surface area contributed by atoms with Gasteiger partial charge in [-0.05, 0) is 25.3 Å². The monoisotopic (exact) mass is 360 g/mol. The molecule has 0 radical (unpaired) electrons. The Hall–Kier alpha value is -2.95. The fraction of sp³-hybridized carbons (Fsp3) is 0.318. The van der Waals surface area contributed by atoms with Crippen LogP contribution in [-0.2, 0) is 17.9 Å². The van der Waals surface area contributed by atoms with Crippen LogP contribution in [0.3, 0.4) is 0 Å². The first kappa shape index (κ1) is 17.5. The lowest BCUT2D eigenvalue weighted by Crippen LogP contribution is -2.37. The first-order valence-corrected chi connectivity index (χ1v) is 9.59. The third kappa shape index (κ3) is 3.50. The van der Waals surface area contributed by atoms with Gasteiger partial charge in [-0.1, -0.05) is 60.7 Å². The van der Waals surface area contributed by atoms with E-state index in [1.165, 1.54) is 0 Å². The predicted molar refractivity (Wildman–Crippen MR) is 105 cm³/mol. The summed E-state index contributed by atoms with van der Waals surface area (Å²) in [6.07, 6.45) is 1.79. The highest BCUT2D eigenvalue weighted by atomic mass is 16.2. The SMILES string of the molecule is CCN(Cc1ccccc1)C(=O)C1CCCn2c(-c3ccccc3)nnc21. The van der Waals surface area contributed by atoms with Gasteiger partial charge in [-0.25, -0.2) is 0 Å². The van der Waals surface area contributed by atoms with Crippen LogP contribution < -0.4 is 0 Å². The summed E-state index contributed by atoms with van der Waals surface area (Å²) in [6.45, 7) is 4.21. The molecule has 1 aliphatic heterocycles. The van der Waals surface area contributed by atoms with E-state index in [0.717, 1.165) is 42.2 Å². The minimum atomic E-state index is -0.215. The lowest BCUT2D eigenvalue weighted by Gasteiger charge is -2.29. The van der Waals surface area contributed by atoms with E-state index < -0.39 is 0 Å². The van der Waals surface area contributed by atoms with Crippen LogP contribution in [0.4, 0.5) is 0 Å². The van der Waals surface area contributed by atoms with Crippen LogP contribution in [0.2, 0.25) is 0 Å². The van der Waals surface area contributed by atoms with Crippen LogP contribution >= 0.6 is 0 Å². The number of hydrogen-bond acceptors (Lipinski definition) is 3. The third-order valence-corrected chi connectivity index (χ3v) is 5.21. The number of rotatable bonds is 5. The van der Waals surface area contributed by atoms with E-state index in [1.54, 1.807) is 0 Å². The molecule has 138 valence electrons. The Morgan fingerprint density at radius 2 is 1.78 bits per heavy atom. The molecule has 0 N–H and O–H groups in total. The van der Waals surface area contributed by atoms with E-state index in [4.69, 9.17) is 0 Å². The van der Waals surface area contributed by atoms with Crippen molar-refractivity contribution in [2.24, 2.45) is 0 Å². The summed E-state index contributed by atoms with van der Waals surface area (Å²) in [6, 6.07) is 20.2. The van der Waals surface area contributed by atoms with E-state index in [-0.39, 0.29) is 11.8 Å². The molecule has 1 atom stereocenters. The van der Waals surface area contributed by atoms with E-state index in [0.29, 0.717) is 13.1 Å². The van der Waals surface area contributed by atoms with Crippen molar-refractivity contribution < 1.29 is 4.79 Å². The molecule has 5 heteroatoms. The predicted octanol–water partition coefficient (Wildman–Crippen LogP) is 3.87. The van der Waals surface area contributed by atoms with Crippen molar-refractivity contribution in [2.75, 3.05) is 6.54 Å². The summed E-state index contributed by atoms with van der Waals surface area (Å²) in [4.78, 5) is 15.2. The largest absolute Gasteiger partial charge is 0.338 e. The van der Waals surface area contributed by atoms with Crippen LogP contribution in [0.1, 0.15) is 37.1 Å². The topological polar surface area (TPSA) is 51.0 Å². The van der Waals surface area contributed by atoms with Gasteiger partial charge in [0.05, 0.1) is 5.92 Å². The summed E-state index contributed by atoms with van der Waals surface area (Å²) in [5, 5.41) is 8.84. The Morgan fingerprint density at radius 1 is 1.07 bits per heavy atom. The molecule has 1 aromatic heterocycles. The number of amides is 1. The van der Waals surface area contributed by atoms with Gasteiger partial charge in [-0.2, -0.15) is 0 Å². The molecule has 1 aliphatic rings. The summed E-state index contributed by atoms with van der Waals surface area (Å²) < 4.78 is 2.12. The molecule has 4 rings (SSSR count). The average molecular weight is 360 g/mol. The second-order valence-corrected chi connectivity index (χ2v) is 6.93. The normalized spacial score (nSPS) is 16.0. The zero-order valence-corrected chi connectivity index (χ0v) is 15.6. The third-order valence-electron chi connectivity index (χ3n) is 5.21. The molecule has 1 amide bonds. The van der Waals surface area contributed by atoms with Gasteiger partial charge in [0.25, 0.3) is 0 Å². The molecule has 0 fully saturated rings. The van der Waals surface area contributed by atoms with Gasteiger partial charge in [-0.15, -0.1) is 10.2 Å². The first-order chi connectivity index (χ1) is 13.3. The number of likely N-dealkylation sites (N-methyl/N-ethyl adjacent to an activating group) is 1. The Kier molecular flexibility index (Phi) is 5.01. The number of fused-ring (bicyclic) bond motifs is 1. The summed E-state index contributed by atoms with van der Waals surface area (Å²) in [5.41, 5.74) is 2.19. The summed E-state index contributed by atoms with van der Waals surface area (Å²) >= 11 is 0. The average Bonchev–Trinajstić information content (AvgIpc) is 3.17. The highest BCUT2D eigenvalue weighted by molar-refractivity contribution is 5.83. The van der Waals surface area contributed by atoms with Crippen molar-refractivity contribution in [1.29, 1.82) is 0 Å². The summed E-state index contributed by atoms with van der Waals surface area (Å²) in [5.74, 6) is 1.59. The minimum absolute atomic E-state index is 0.148. The Labute approximate surface area is 159 Å². The molecule has 3 aromatic rings. The van der Waals surface area contributed by atoms with Crippen LogP contribution in [0.15, 0.2) is 60.7 Å². The van der Waals surface area contributed by atoms with Crippen LogP contribution in [0.5, 0.6) is 0 Å². The van der Waals surface area contributed by atoms with Crippen molar-refractivity contribution in [3.8, 4) is 11.4 Å². The fourth-order valence-corrected chi connectivity index (χ4v) is 3.78. The van der Waals surface area contributed by atoms with Gasteiger partial charge in [0.2, 0.25) is 5.91 Å². The number of nitrogens with zero attached hydrogens (tertiary/aromatic N) is 4. The lowest BCUT2D eigenvalue weighted by atomic mass is 9.96. The quantitative estimate of drug-likeness (QED) is 0.694. The Bertz CT molecular complexity index is 905. The number of hydrogen-bond donors (Lipinski definition) is 0. The van der Waals surface area contributed by atoms with Crippen molar-refractivity contribution >= 4 is 5.91 Å². The Morgan fingerprint density at radius 3 is 2.48 bits per heavy atom. The van der Waals surface area contributed by atoms with Gasteiger partial charge in [0.15, 0.2) is 5.82 Å². The molecule has 0 saturated heterocycles. The van der Waals surface area contributed by atoms with E-state index >= 15 is 0 Å². The number of aromatic nitrogens is 3. The van der Waals surface area contributed by atoms with Gasteiger partial charge in [0, 0.05) is 25.2 Å². The summed E-state index contributed by atoms with van der Waals surface area (Å²) in [7, 11) is 0. The molecule has 5 nitrogen and oxygen atoms in total. The second-order valence-electron chi connectivity index (χ2n) is 6.93. The van der Waals surface area contributed by atoms with Crippen molar-refractivity contribution in [3.63, 3.8) is 0 Å². The second kappa shape index (κ2) is 7.74. The highest BCUT2D eigenvalue weighted by Crippen LogP contribution is 2.31. The standard InChI is InChI=1S/C22H24N4O/c1-2-25(16-17-10-5-3-6-11-17)22(27)19-14-9-15-26-20(23-24-21(19)26)18-12-7-4-8-13-18/h3-8,10-13,19H,2,9,14-16H2,1H3. The zero-order chi connectivity index (χ0) is 18.6. The van der Waals surface area contributed by atoms with Gasteiger partial charge in [-0.3, -0.25) is 4.79 Å². The van der Waals surface area contributed by atoms with Crippen molar-refractivity contribution in [3.05, 3.63) is 72.1 Å². The molecule has 2 aromatic carbocycles. The molecule has 27 heavy (non-hydrogen) atoms. The number of benzene rings is 2. The molecular formula is C22H24N4O. The molecule has 2 heterocycles. The maximum Gasteiger partial charge on any atom is 0.233 e. The lowest BCUT2D eigenvalue weighted by molar-refractivity contribution is -0.134. The maximum absolute atomic E-state index is 13.3. The van der Waals surface area contributed by atoms with Gasteiger partial charge in [0.1, 0.15) is 5.82 Å². The Balaban J connectivity index is 1.60. The van der Waals surface area contributed by atoms with Gasteiger partial charge >= 0.3 is 0 Å². The van der Waals surface area contributed by atoms with Crippen molar-refractivity contribution in [1.82, 2.24) is 19.7 Å². The molecule has 0 bridgehead atoms. The van der Waals surface area contributed by atoms with Crippen LogP contribution in [0.25, 0.3) is 11.4 Å². The molecular weight excluding hydrogens is 336 g/mol. The van der Waals surface area contributed by atoms with E-state index in [2.05, 4.69) is 26.9 Å². The molecule has 0 spiro atoms. The zero-order valence-electron chi connectivity index (χ0n) is 15.6. The molecule has 1 unspecified atom stereocenters. The molecule has 0 aliphatic carbocycles. The van der Waals surface area contributed by atoms with Crippen LogP contribution in [0, 0.1) is 0 Å². The van der Waals surface area contributed by atoms with E-state index in [9.17, 15) is 4.79 Å². The highest BCUT2D eigenvalue weighted by Gasteiger charge is 2.33.